The first-order chi connectivity index (χ1) is 7.08. The van der Waals surface area contributed by atoms with Crippen molar-refractivity contribution in [1.29, 1.82) is 10.5 Å². The molecule has 0 aliphatic carbocycles. The first kappa shape index (κ1) is 11.4. The van der Waals surface area contributed by atoms with Crippen LogP contribution in [0.15, 0.2) is 0 Å². The summed E-state index contributed by atoms with van der Waals surface area (Å²) in [4.78, 5) is 7.86. The molecular formula is C10H9ClN4. The molecule has 1 aromatic heterocycles. The molecule has 0 saturated carbocycles. The van der Waals surface area contributed by atoms with E-state index in [1.807, 2.05) is 19.9 Å². The van der Waals surface area contributed by atoms with E-state index >= 15 is 0 Å². The lowest BCUT2D eigenvalue weighted by Gasteiger charge is -2.06. The molecule has 4 nitrogen and oxygen atoms in total. The molecule has 1 heterocycles. The van der Waals surface area contributed by atoms with E-state index in [2.05, 4.69) is 9.97 Å². The Morgan fingerprint density at radius 3 is 2.20 bits per heavy atom. The Bertz CT molecular complexity index is 454. The largest absolute Gasteiger partial charge is 0.236 e. The standard InChI is InChI=1S/C10H9ClN4/c1-6(2)3-7-10(11)15-9(5-13)8(4-12)14-7/h6H,3H2,1-2H3. The predicted octanol–water partition coefficient (Wildman–Crippen LogP) is 2.07. The van der Waals surface area contributed by atoms with Crippen LogP contribution in [0.4, 0.5) is 0 Å². The number of hydrogen-bond donors (Lipinski definition) is 0. The molecule has 0 aromatic carbocycles. The van der Waals surface area contributed by atoms with Gasteiger partial charge in [0.1, 0.15) is 12.1 Å². The first-order valence-corrected chi connectivity index (χ1v) is 4.83. The Hall–Kier alpha value is -1.65. The maximum Gasteiger partial charge on any atom is 0.178 e. The average molecular weight is 221 g/mol. The zero-order chi connectivity index (χ0) is 11.4. The zero-order valence-corrected chi connectivity index (χ0v) is 9.21. The quantitative estimate of drug-likeness (QED) is 0.765. The Morgan fingerprint density at radius 1 is 1.20 bits per heavy atom. The van der Waals surface area contributed by atoms with Gasteiger partial charge in [0, 0.05) is 0 Å². The van der Waals surface area contributed by atoms with E-state index in [1.165, 1.54) is 0 Å². The molecule has 0 bridgehead atoms. The fraction of sp³-hybridized carbons (Fsp3) is 0.400. The normalized spacial score (nSPS) is 9.73. The second kappa shape index (κ2) is 4.72. The highest BCUT2D eigenvalue weighted by Gasteiger charge is 2.12. The number of hydrogen-bond acceptors (Lipinski definition) is 4. The summed E-state index contributed by atoms with van der Waals surface area (Å²) in [6, 6.07) is 3.62. The van der Waals surface area contributed by atoms with Gasteiger partial charge in [0.25, 0.3) is 0 Å². The second-order valence-corrected chi connectivity index (χ2v) is 3.84. The van der Waals surface area contributed by atoms with Gasteiger partial charge in [-0.25, -0.2) is 9.97 Å². The summed E-state index contributed by atoms with van der Waals surface area (Å²) in [5.74, 6) is 0.372. The van der Waals surface area contributed by atoms with E-state index in [1.54, 1.807) is 6.07 Å². The van der Waals surface area contributed by atoms with Crippen molar-refractivity contribution in [1.82, 2.24) is 9.97 Å². The van der Waals surface area contributed by atoms with Crippen molar-refractivity contribution in [2.75, 3.05) is 0 Å². The van der Waals surface area contributed by atoms with Gasteiger partial charge in [-0.05, 0) is 12.3 Å². The molecule has 0 spiro atoms. The molecule has 0 N–H and O–H groups in total. The topological polar surface area (TPSA) is 73.4 Å². The van der Waals surface area contributed by atoms with Crippen molar-refractivity contribution in [3.8, 4) is 12.1 Å². The number of halogens is 1. The van der Waals surface area contributed by atoms with Crippen LogP contribution in [0.25, 0.3) is 0 Å². The van der Waals surface area contributed by atoms with E-state index in [-0.39, 0.29) is 16.5 Å². The summed E-state index contributed by atoms with van der Waals surface area (Å²) in [5.41, 5.74) is 0.592. The minimum absolute atomic E-state index is 0.0185. The molecule has 5 heteroatoms. The van der Waals surface area contributed by atoms with Crippen LogP contribution in [0.2, 0.25) is 5.15 Å². The average Bonchev–Trinajstić information content (AvgIpc) is 2.19. The SMILES string of the molecule is CC(C)Cc1nc(C#N)c(C#N)nc1Cl. The van der Waals surface area contributed by atoms with Crippen LogP contribution < -0.4 is 0 Å². The third-order valence-electron chi connectivity index (χ3n) is 1.73. The highest BCUT2D eigenvalue weighted by molar-refractivity contribution is 6.30. The smallest absolute Gasteiger partial charge is 0.178 e. The lowest BCUT2D eigenvalue weighted by Crippen LogP contribution is -2.04. The predicted molar refractivity (Wildman–Crippen MR) is 55.0 cm³/mol. The van der Waals surface area contributed by atoms with Gasteiger partial charge in [-0.3, -0.25) is 0 Å². The molecule has 0 saturated heterocycles. The van der Waals surface area contributed by atoms with Crippen molar-refractivity contribution >= 4 is 11.6 Å². The molecule has 0 radical (unpaired) electrons. The zero-order valence-electron chi connectivity index (χ0n) is 8.45. The maximum absolute atomic E-state index is 8.75. The number of rotatable bonds is 2. The molecule has 15 heavy (non-hydrogen) atoms. The Labute approximate surface area is 93.1 Å². The van der Waals surface area contributed by atoms with Gasteiger partial charge in [-0.2, -0.15) is 10.5 Å². The third kappa shape index (κ3) is 2.65. The van der Waals surface area contributed by atoms with Crippen LogP contribution in [-0.2, 0) is 6.42 Å². The van der Waals surface area contributed by atoms with Gasteiger partial charge in [0.2, 0.25) is 0 Å². The second-order valence-electron chi connectivity index (χ2n) is 3.48. The van der Waals surface area contributed by atoms with Gasteiger partial charge in [-0.15, -0.1) is 0 Å². The minimum Gasteiger partial charge on any atom is -0.236 e. The summed E-state index contributed by atoms with van der Waals surface area (Å²) in [6.45, 7) is 4.03. The fourth-order valence-electron chi connectivity index (χ4n) is 1.12. The van der Waals surface area contributed by atoms with Gasteiger partial charge < -0.3 is 0 Å². The van der Waals surface area contributed by atoms with Gasteiger partial charge in [0.05, 0.1) is 5.69 Å². The number of nitrogens with zero attached hydrogens (tertiary/aromatic N) is 4. The Kier molecular flexibility index (Phi) is 3.60. The van der Waals surface area contributed by atoms with Crippen molar-refractivity contribution in [2.45, 2.75) is 20.3 Å². The molecule has 1 aromatic rings. The van der Waals surface area contributed by atoms with Crippen molar-refractivity contribution in [3.63, 3.8) is 0 Å². The molecule has 1 rings (SSSR count). The van der Waals surface area contributed by atoms with E-state index in [9.17, 15) is 0 Å². The maximum atomic E-state index is 8.75. The minimum atomic E-state index is -0.0185. The highest BCUT2D eigenvalue weighted by Crippen LogP contribution is 2.16. The summed E-state index contributed by atoms with van der Waals surface area (Å²) in [7, 11) is 0. The van der Waals surface area contributed by atoms with Crippen LogP contribution in [0.1, 0.15) is 30.9 Å². The fourth-order valence-corrected chi connectivity index (χ4v) is 1.33. The van der Waals surface area contributed by atoms with E-state index in [4.69, 9.17) is 22.1 Å². The Morgan fingerprint density at radius 2 is 1.73 bits per heavy atom. The molecule has 0 aliphatic rings. The molecule has 76 valence electrons. The first-order valence-electron chi connectivity index (χ1n) is 4.45. The number of aromatic nitrogens is 2. The lowest BCUT2D eigenvalue weighted by atomic mass is 10.1. The van der Waals surface area contributed by atoms with E-state index < -0.39 is 0 Å². The van der Waals surface area contributed by atoms with Crippen LogP contribution in [0, 0.1) is 28.6 Å². The van der Waals surface area contributed by atoms with Crippen molar-refractivity contribution in [2.24, 2.45) is 5.92 Å². The lowest BCUT2D eigenvalue weighted by molar-refractivity contribution is 0.632. The molecule has 0 aliphatic heterocycles. The van der Waals surface area contributed by atoms with Crippen LogP contribution in [-0.4, -0.2) is 9.97 Å². The van der Waals surface area contributed by atoms with Crippen molar-refractivity contribution < 1.29 is 0 Å². The summed E-state index contributed by atoms with van der Waals surface area (Å²) < 4.78 is 0. The Balaban J connectivity index is 3.23. The van der Waals surface area contributed by atoms with E-state index in [0.29, 0.717) is 18.0 Å². The molecule has 0 fully saturated rings. The molecule has 0 unspecified atom stereocenters. The van der Waals surface area contributed by atoms with Crippen LogP contribution in [0.3, 0.4) is 0 Å². The van der Waals surface area contributed by atoms with Gasteiger partial charge >= 0.3 is 0 Å². The highest BCUT2D eigenvalue weighted by atomic mass is 35.5. The summed E-state index contributed by atoms with van der Waals surface area (Å²) >= 11 is 5.85. The van der Waals surface area contributed by atoms with Crippen LogP contribution >= 0.6 is 11.6 Å². The molecule has 0 atom stereocenters. The summed E-state index contributed by atoms with van der Waals surface area (Å²) in [5, 5.41) is 17.6. The van der Waals surface area contributed by atoms with Gasteiger partial charge in [0.15, 0.2) is 16.5 Å². The monoisotopic (exact) mass is 220 g/mol. The van der Waals surface area contributed by atoms with Crippen LogP contribution in [0.5, 0.6) is 0 Å². The number of nitriles is 2. The third-order valence-corrected chi connectivity index (χ3v) is 2.04. The molecular weight excluding hydrogens is 212 g/mol. The van der Waals surface area contributed by atoms with E-state index in [0.717, 1.165) is 0 Å². The summed E-state index contributed by atoms with van der Waals surface area (Å²) in [6.07, 6.45) is 0.645. The van der Waals surface area contributed by atoms with Crippen molar-refractivity contribution in [3.05, 3.63) is 22.2 Å². The van der Waals surface area contributed by atoms with Gasteiger partial charge in [-0.1, -0.05) is 25.4 Å². The molecule has 0 amide bonds.